The van der Waals surface area contributed by atoms with Gasteiger partial charge in [0.2, 0.25) is 0 Å². The van der Waals surface area contributed by atoms with Crippen molar-refractivity contribution in [2.45, 2.75) is 0 Å². The van der Waals surface area contributed by atoms with Gasteiger partial charge in [-0.2, -0.15) is 0 Å². The van der Waals surface area contributed by atoms with Crippen LogP contribution in [0.4, 0.5) is 17.1 Å². The molecule has 0 unspecified atom stereocenters. The molecule has 9 aromatic rings. The number of hydrogen-bond acceptors (Lipinski definition) is 4. The number of hydrogen-bond donors (Lipinski definition) is 0. The smallest absolute Gasteiger partial charge is 0.164 e. The SMILES string of the molecule is c1ccc(-c2nc(-c3ccccc3)nc(-c3ccc(N4c5ccccc5-c5c(n(-c6ccccc6)c6ccccc56)-c5ccccc54)cc3)n2)cc1. The average Bonchev–Trinajstić information content (AvgIpc) is 3.51. The van der Waals surface area contributed by atoms with Crippen LogP contribution >= 0.6 is 0 Å². The second-order valence-electron chi connectivity index (χ2n) is 12.9. The summed E-state index contributed by atoms with van der Waals surface area (Å²) < 4.78 is 2.42. The van der Waals surface area contributed by atoms with Gasteiger partial charge in [0.1, 0.15) is 0 Å². The summed E-state index contributed by atoms with van der Waals surface area (Å²) in [4.78, 5) is 17.2. The predicted octanol–water partition coefficient (Wildman–Crippen LogP) is 11.9. The lowest BCUT2D eigenvalue weighted by Gasteiger charge is -2.27. The molecule has 1 aliphatic rings. The third-order valence-corrected chi connectivity index (χ3v) is 9.79. The second-order valence-corrected chi connectivity index (χ2v) is 12.9. The molecular formula is C47H31N5. The van der Waals surface area contributed by atoms with Crippen LogP contribution in [-0.4, -0.2) is 19.5 Å². The maximum absolute atomic E-state index is 4.98. The highest BCUT2D eigenvalue weighted by atomic mass is 15.2. The maximum Gasteiger partial charge on any atom is 0.164 e. The van der Waals surface area contributed by atoms with E-state index in [2.05, 4.69) is 137 Å². The zero-order valence-electron chi connectivity index (χ0n) is 28.1. The standard InChI is InChI=1S/C47H31N5/c1-4-16-32(17-5-1)45-48-46(33-18-6-2-7-19-33)50-47(49-45)34-28-30-36(31-29-34)51-40-25-13-10-22-37(40)43-38-23-11-14-26-41(38)52(35-20-8-3-9-21-35)44(43)39-24-12-15-27-42(39)51/h1-31H. The first-order valence-electron chi connectivity index (χ1n) is 17.5. The van der Waals surface area contributed by atoms with Gasteiger partial charge in [-0.05, 0) is 54.6 Å². The summed E-state index contributed by atoms with van der Waals surface area (Å²) in [5.41, 5.74) is 13.2. The van der Waals surface area contributed by atoms with E-state index in [0.29, 0.717) is 17.5 Å². The normalized spacial score (nSPS) is 11.8. The van der Waals surface area contributed by atoms with Gasteiger partial charge in [-0.3, -0.25) is 0 Å². The Bertz CT molecular complexity index is 2660. The van der Waals surface area contributed by atoms with Gasteiger partial charge in [0.05, 0.1) is 22.6 Å². The first kappa shape index (κ1) is 29.8. The van der Waals surface area contributed by atoms with Crippen LogP contribution < -0.4 is 4.90 Å². The van der Waals surface area contributed by atoms with Crippen molar-refractivity contribution in [1.82, 2.24) is 19.5 Å². The maximum atomic E-state index is 4.98. The molecule has 0 bridgehead atoms. The summed E-state index contributed by atoms with van der Waals surface area (Å²) >= 11 is 0. The lowest BCUT2D eigenvalue weighted by atomic mass is 9.98. The molecule has 0 saturated carbocycles. The van der Waals surface area contributed by atoms with Gasteiger partial charge in [0.25, 0.3) is 0 Å². The number of anilines is 3. The molecule has 2 aromatic heterocycles. The summed E-state index contributed by atoms with van der Waals surface area (Å²) in [5, 5.41) is 1.22. The molecule has 0 N–H and O–H groups in total. The van der Waals surface area contributed by atoms with E-state index in [1.165, 1.54) is 27.7 Å². The number of fused-ring (bicyclic) bond motifs is 7. The van der Waals surface area contributed by atoms with E-state index < -0.39 is 0 Å². The largest absolute Gasteiger partial charge is 0.309 e. The van der Waals surface area contributed by atoms with Crippen molar-refractivity contribution in [1.29, 1.82) is 0 Å². The van der Waals surface area contributed by atoms with Crippen molar-refractivity contribution >= 4 is 28.0 Å². The Morgan fingerprint density at radius 3 is 1.42 bits per heavy atom. The van der Waals surface area contributed by atoms with E-state index >= 15 is 0 Å². The molecule has 0 spiro atoms. The molecule has 244 valence electrons. The highest BCUT2D eigenvalue weighted by molar-refractivity contribution is 6.13. The Kier molecular flexibility index (Phi) is 7.07. The topological polar surface area (TPSA) is 46.8 Å². The van der Waals surface area contributed by atoms with Crippen LogP contribution in [0.25, 0.3) is 73.1 Å². The minimum Gasteiger partial charge on any atom is -0.309 e. The van der Waals surface area contributed by atoms with Crippen molar-refractivity contribution in [3.8, 4) is 62.2 Å². The molecule has 0 atom stereocenters. The molecule has 5 nitrogen and oxygen atoms in total. The third kappa shape index (κ3) is 4.90. The first-order chi connectivity index (χ1) is 25.8. The Morgan fingerprint density at radius 1 is 0.346 bits per heavy atom. The monoisotopic (exact) mass is 665 g/mol. The number of aromatic nitrogens is 4. The van der Waals surface area contributed by atoms with E-state index in [0.717, 1.165) is 45.0 Å². The molecule has 3 heterocycles. The van der Waals surface area contributed by atoms with Gasteiger partial charge in [0.15, 0.2) is 17.5 Å². The lowest BCUT2D eigenvalue weighted by molar-refractivity contribution is 1.07. The van der Waals surface area contributed by atoms with Gasteiger partial charge in [0, 0.05) is 50.1 Å². The van der Waals surface area contributed by atoms with E-state index in [1.807, 2.05) is 60.7 Å². The zero-order chi connectivity index (χ0) is 34.4. The highest BCUT2D eigenvalue weighted by Crippen LogP contribution is 2.54. The van der Waals surface area contributed by atoms with Crippen molar-refractivity contribution in [3.05, 3.63) is 188 Å². The van der Waals surface area contributed by atoms with Crippen LogP contribution in [0, 0.1) is 0 Å². The summed E-state index contributed by atoms with van der Waals surface area (Å²) in [7, 11) is 0. The highest BCUT2D eigenvalue weighted by Gasteiger charge is 2.31. The average molecular weight is 666 g/mol. The quantitative estimate of drug-likeness (QED) is 0.184. The molecule has 0 aliphatic carbocycles. The molecule has 0 amide bonds. The van der Waals surface area contributed by atoms with Gasteiger partial charge in [-0.1, -0.05) is 133 Å². The molecule has 10 rings (SSSR count). The fraction of sp³-hybridized carbons (Fsp3) is 0. The zero-order valence-corrected chi connectivity index (χ0v) is 28.1. The molecule has 1 aliphatic heterocycles. The molecule has 0 radical (unpaired) electrons. The van der Waals surface area contributed by atoms with Crippen LogP contribution in [0.15, 0.2) is 188 Å². The molecule has 5 heteroatoms. The number of nitrogens with zero attached hydrogens (tertiary/aromatic N) is 5. The van der Waals surface area contributed by atoms with Crippen molar-refractivity contribution < 1.29 is 0 Å². The molecule has 7 aromatic carbocycles. The summed E-state index contributed by atoms with van der Waals surface area (Å²) in [6.45, 7) is 0. The van der Waals surface area contributed by atoms with Crippen molar-refractivity contribution in [3.63, 3.8) is 0 Å². The lowest BCUT2D eigenvalue weighted by Crippen LogP contribution is -2.11. The van der Waals surface area contributed by atoms with Crippen LogP contribution in [0.1, 0.15) is 0 Å². The van der Waals surface area contributed by atoms with E-state index in [9.17, 15) is 0 Å². The van der Waals surface area contributed by atoms with Crippen LogP contribution in [-0.2, 0) is 0 Å². The predicted molar refractivity (Wildman–Crippen MR) is 212 cm³/mol. The molecular weight excluding hydrogens is 635 g/mol. The van der Waals surface area contributed by atoms with Gasteiger partial charge >= 0.3 is 0 Å². The van der Waals surface area contributed by atoms with Crippen LogP contribution in [0.5, 0.6) is 0 Å². The van der Waals surface area contributed by atoms with Crippen LogP contribution in [0.2, 0.25) is 0 Å². The molecule has 52 heavy (non-hydrogen) atoms. The van der Waals surface area contributed by atoms with Gasteiger partial charge in [-0.15, -0.1) is 0 Å². The number of benzene rings is 7. The van der Waals surface area contributed by atoms with Gasteiger partial charge < -0.3 is 9.47 Å². The van der Waals surface area contributed by atoms with E-state index in [1.54, 1.807) is 0 Å². The summed E-state index contributed by atoms with van der Waals surface area (Å²) in [6.07, 6.45) is 0. The van der Waals surface area contributed by atoms with Crippen LogP contribution in [0.3, 0.4) is 0 Å². The fourth-order valence-electron chi connectivity index (χ4n) is 7.47. The summed E-state index contributed by atoms with van der Waals surface area (Å²) in [6, 6.07) is 65.7. The first-order valence-corrected chi connectivity index (χ1v) is 17.5. The summed E-state index contributed by atoms with van der Waals surface area (Å²) in [5.74, 6) is 1.92. The van der Waals surface area contributed by atoms with Crippen molar-refractivity contribution in [2.24, 2.45) is 0 Å². The molecule has 0 fully saturated rings. The Hall–Kier alpha value is -7.11. The van der Waals surface area contributed by atoms with Gasteiger partial charge in [-0.25, -0.2) is 15.0 Å². The second kappa shape index (κ2) is 12.3. The Balaban J connectivity index is 1.16. The fourth-order valence-corrected chi connectivity index (χ4v) is 7.47. The van der Waals surface area contributed by atoms with E-state index in [-0.39, 0.29) is 0 Å². The minimum atomic E-state index is 0.631. The number of para-hydroxylation sites is 4. The van der Waals surface area contributed by atoms with Crippen molar-refractivity contribution in [2.75, 3.05) is 4.90 Å². The Morgan fingerprint density at radius 2 is 0.808 bits per heavy atom. The minimum absolute atomic E-state index is 0.631. The Labute approximate surface area is 301 Å². The number of rotatable bonds is 5. The molecule has 0 saturated heterocycles. The van der Waals surface area contributed by atoms with E-state index in [4.69, 9.17) is 15.0 Å². The third-order valence-electron chi connectivity index (χ3n) is 9.79.